The summed E-state index contributed by atoms with van der Waals surface area (Å²) in [7, 11) is -0.110. The maximum absolute atomic E-state index is 9.98. The molecule has 2 aromatic heterocycles. The zero-order valence-electron chi connectivity index (χ0n) is 23.9. The Morgan fingerprint density at radius 1 is 1.29 bits per heavy atom. The highest BCUT2D eigenvalue weighted by Gasteiger charge is 2.42. The van der Waals surface area contributed by atoms with E-state index < -0.39 is 8.32 Å². The SMILES string of the molecule is CC(C)Oc1c(Nc2nccc(-c3cc(C#N)c4c(c3)[C@@](C)(CO[Si](C)(C)C(C)(C)C)CN4)n2)cnn1C. The smallest absolute Gasteiger partial charge is 0.236 e. The molecule has 0 unspecified atom stereocenters. The number of ether oxygens (including phenoxy) is 1. The lowest BCUT2D eigenvalue weighted by atomic mass is 9.83. The highest BCUT2D eigenvalue weighted by molar-refractivity contribution is 6.74. The van der Waals surface area contributed by atoms with Gasteiger partial charge in [-0.15, -0.1) is 0 Å². The van der Waals surface area contributed by atoms with Crippen molar-refractivity contribution in [3.8, 4) is 23.2 Å². The first-order valence-electron chi connectivity index (χ1n) is 13.0. The number of fused-ring (bicyclic) bond motifs is 1. The Kier molecular flexibility index (Phi) is 7.29. The number of nitriles is 1. The molecule has 0 fully saturated rings. The van der Waals surface area contributed by atoms with Crippen molar-refractivity contribution in [3.05, 3.63) is 41.7 Å². The molecule has 0 radical (unpaired) electrons. The molecule has 0 saturated heterocycles. The van der Waals surface area contributed by atoms with Crippen molar-refractivity contribution in [3.63, 3.8) is 0 Å². The third-order valence-corrected chi connectivity index (χ3v) is 12.0. The lowest BCUT2D eigenvalue weighted by Gasteiger charge is -2.39. The maximum atomic E-state index is 9.98. The summed E-state index contributed by atoms with van der Waals surface area (Å²) in [5.74, 6) is 1.03. The van der Waals surface area contributed by atoms with E-state index in [1.165, 1.54) is 0 Å². The van der Waals surface area contributed by atoms with Gasteiger partial charge in [0.1, 0.15) is 11.8 Å². The van der Waals surface area contributed by atoms with E-state index in [0.717, 1.165) is 22.5 Å². The van der Waals surface area contributed by atoms with E-state index in [1.807, 2.05) is 33.0 Å². The van der Waals surface area contributed by atoms with Crippen LogP contribution >= 0.6 is 0 Å². The summed E-state index contributed by atoms with van der Waals surface area (Å²) in [5, 5.41) is 21.1. The Morgan fingerprint density at radius 2 is 2.03 bits per heavy atom. The van der Waals surface area contributed by atoms with Crippen LogP contribution in [0, 0.1) is 11.3 Å². The van der Waals surface area contributed by atoms with Crippen molar-refractivity contribution >= 4 is 25.6 Å². The van der Waals surface area contributed by atoms with E-state index in [4.69, 9.17) is 14.1 Å². The number of nitrogens with zero attached hydrogens (tertiary/aromatic N) is 5. The number of rotatable bonds is 8. The van der Waals surface area contributed by atoms with Gasteiger partial charge >= 0.3 is 0 Å². The van der Waals surface area contributed by atoms with Gasteiger partial charge in [-0.05, 0) is 55.7 Å². The first kappa shape index (κ1) is 27.6. The summed E-state index contributed by atoms with van der Waals surface area (Å²) in [6.45, 7) is 18.7. The molecule has 0 saturated carbocycles. The van der Waals surface area contributed by atoms with Crippen LogP contribution in [-0.4, -0.2) is 47.3 Å². The van der Waals surface area contributed by atoms with Crippen LogP contribution in [0.5, 0.6) is 5.88 Å². The molecule has 38 heavy (non-hydrogen) atoms. The fourth-order valence-corrected chi connectivity index (χ4v) is 5.30. The Morgan fingerprint density at radius 3 is 2.68 bits per heavy atom. The Bertz CT molecular complexity index is 1370. The van der Waals surface area contributed by atoms with Gasteiger partial charge in [0, 0.05) is 37.4 Å². The number of anilines is 3. The highest BCUT2D eigenvalue weighted by atomic mass is 28.4. The third kappa shape index (κ3) is 5.40. The van der Waals surface area contributed by atoms with Gasteiger partial charge in [-0.1, -0.05) is 27.7 Å². The molecule has 0 bridgehead atoms. The molecule has 0 amide bonds. The lowest BCUT2D eigenvalue weighted by Crippen LogP contribution is -2.45. The van der Waals surface area contributed by atoms with Crippen LogP contribution in [0.25, 0.3) is 11.3 Å². The standard InChI is InChI=1S/C28H39N7O2Si/c1-18(2)37-25-23(15-32-35(25)7)34-26-30-11-10-22(33-26)19-12-20(14-29)24-21(13-19)28(6,16-31-24)17-36-38(8,9)27(3,4)5/h10-13,15,18,31H,16-17H2,1-9H3,(H,30,33,34)/t28-/m1/s1. The van der Waals surface area contributed by atoms with Crippen molar-refractivity contribution in [1.29, 1.82) is 5.26 Å². The number of hydrogen-bond acceptors (Lipinski definition) is 8. The first-order chi connectivity index (χ1) is 17.7. The van der Waals surface area contributed by atoms with Crippen molar-refractivity contribution in [2.24, 2.45) is 7.05 Å². The minimum atomic E-state index is -1.94. The molecule has 3 aromatic rings. The van der Waals surface area contributed by atoms with E-state index in [-0.39, 0.29) is 16.6 Å². The van der Waals surface area contributed by atoms with Gasteiger partial charge in [0.15, 0.2) is 8.32 Å². The van der Waals surface area contributed by atoms with E-state index in [0.29, 0.717) is 36.2 Å². The van der Waals surface area contributed by atoms with Crippen LogP contribution in [0.3, 0.4) is 0 Å². The summed E-state index contributed by atoms with van der Waals surface area (Å²) < 4.78 is 14.2. The minimum absolute atomic E-state index is 0.00226. The molecule has 2 N–H and O–H groups in total. The van der Waals surface area contributed by atoms with E-state index in [1.54, 1.807) is 17.1 Å². The predicted octanol–water partition coefficient (Wildman–Crippen LogP) is 5.98. The zero-order valence-corrected chi connectivity index (χ0v) is 24.9. The molecule has 1 aliphatic heterocycles. The van der Waals surface area contributed by atoms with Gasteiger partial charge in [-0.25, -0.2) is 14.6 Å². The molecule has 1 aliphatic rings. The maximum Gasteiger partial charge on any atom is 0.236 e. The summed E-state index contributed by atoms with van der Waals surface area (Å²) in [6, 6.07) is 8.25. The quantitative estimate of drug-likeness (QED) is 0.340. The zero-order chi connectivity index (χ0) is 27.9. The average molecular weight is 534 g/mol. The normalized spacial score (nSPS) is 17.2. The molecule has 0 spiro atoms. The van der Waals surface area contributed by atoms with E-state index >= 15 is 0 Å². The lowest BCUT2D eigenvalue weighted by molar-refractivity contribution is 0.220. The molecule has 3 heterocycles. The number of aryl methyl sites for hydroxylation is 1. The fourth-order valence-electron chi connectivity index (χ4n) is 4.18. The molecule has 10 heteroatoms. The van der Waals surface area contributed by atoms with Gasteiger partial charge in [0.25, 0.3) is 0 Å². The van der Waals surface area contributed by atoms with E-state index in [2.05, 4.69) is 73.6 Å². The van der Waals surface area contributed by atoms with Crippen LogP contribution < -0.4 is 15.4 Å². The number of benzene rings is 1. The van der Waals surface area contributed by atoms with Crippen molar-refractivity contribution in [1.82, 2.24) is 19.7 Å². The van der Waals surface area contributed by atoms with Gasteiger partial charge in [-0.2, -0.15) is 10.4 Å². The molecule has 4 rings (SSSR count). The molecular weight excluding hydrogens is 494 g/mol. The van der Waals surface area contributed by atoms with Crippen LogP contribution in [-0.2, 0) is 16.9 Å². The van der Waals surface area contributed by atoms with Gasteiger partial charge in [0.05, 0.1) is 29.2 Å². The Labute approximate surface area is 226 Å². The monoisotopic (exact) mass is 533 g/mol. The number of nitrogens with one attached hydrogen (secondary N) is 2. The summed E-state index contributed by atoms with van der Waals surface area (Å²) >= 11 is 0. The van der Waals surface area contributed by atoms with Gasteiger partial charge < -0.3 is 19.8 Å². The molecule has 1 aromatic carbocycles. The molecule has 9 nitrogen and oxygen atoms in total. The van der Waals surface area contributed by atoms with Crippen LogP contribution in [0.1, 0.15) is 52.7 Å². The van der Waals surface area contributed by atoms with Crippen molar-refractivity contribution in [2.75, 3.05) is 23.8 Å². The second-order valence-electron chi connectivity index (χ2n) is 12.1. The third-order valence-electron chi connectivity index (χ3n) is 7.55. The molecule has 202 valence electrons. The van der Waals surface area contributed by atoms with Crippen molar-refractivity contribution < 1.29 is 9.16 Å². The predicted molar refractivity (Wildman–Crippen MR) is 153 cm³/mol. The number of aromatic nitrogens is 4. The highest BCUT2D eigenvalue weighted by Crippen LogP contribution is 2.44. The summed E-state index contributed by atoms with van der Waals surface area (Å²) in [6.07, 6.45) is 3.40. The Balaban J connectivity index is 1.66. The number of hydrogen-bond donors (Lipinski definition) is 2. The Hall–Kier alpha value is -3.42. The second kappa shape index (κ2) is 10.0. The molecule has 1 atom stereocenters. The summed E-state index contributed by atoms with van der Waals surface area (Å²) in [4.78, 5) is 9.17. The van der Waals surface area contributed by atoms with Crippen LogP contribution in [0.15, 0.2) is 30.6 Å². The average Bonchev–Trinajstić information content (AvgIpc) is 3.36. The fraction of sp³-hybridized carbons (Fsp3) is 0.500. The van der Waals surface area contributed by atoms with Crippen LogP contribution in [0.4, 0.5) is 17.3 Å². The van der Waals surface area contributed by atoms with Crippen molar-refractivity contribution in [2.45, 2.75) is 71.2 Å². The minimum Gasteiger partial charge on any atom is -0.474 e. The second-order valence-corrected chi connectivity index (χ2v) is 16.9. The topological polar surface area (TPSA) is 110 Å². The largest absolute Gasteiger partial charge is 0.474 e. The first-order valence-corrected chi connectivity index (χ1v) is 15.9. The molecular formula is C28H39N7O2Si. The van der Waals surface area contributed by atoms with E-state index in [9.17, 15) is 5.26 Å². The van der Waals surface area contributed by atoms with Gasteiger partial charge in [-0.3, -0.25) is 0 Å². The van der Waals surface area contributed by atoms with Crippen LogP contribution in [0.2, 0.25) is 18.1 Å². The van der Waals surface area contributed by atoms with Gasteiger partial charge in [0.2, 0.25) is 11.8 Å². The summed E-state index contributed by atoms with van der Waals surface area (Å²) in [5.41, 5.74) is 4.56. The molecule has 0 aliphatic carbocycles.